The topological polar surface area (TPSA) is 101 Å². The van der Waals surface area contributed by atoms with E-state index in [9.17, 15) is 13.8 Å². The molecule has 1 fully saturated rings. The highest BCUT2D eigenvalue weighted by atomic mass is 31.2. The molecule has 8 nitrogen and oxygen atoms in total. The summed E-state index contributed by atoms with van der Waals surface area (Å²) < 4.78 is 42.3. The van der Waals surface area contributed by atoms with E-state index in [0.717, 1.165) is 6.08 Å². The lowest BCUT2D eigenvalue weighted by Crippen LogP contribution is -2.28. The van der Waals surface area contributed by atoms with Gasteiger partial charge in [-0.25, -0.2) is 0 Å². The Labute approximate surface area is 147 Å². The van der Waals surface area contributed by atoms with Gasteiger partial charge in [0.1, 0.15) is 12.1 Å². The van der Waals surface area contributed by atoms with Crippen molar-refractivity contribution in [1.29, 1.82) is 5.41 Å². The van der Waals surface area contributed by atoms with Crippen LogP contribution in [0.5, 0.6) is 0 Å². The first kappa shape index (κ1) is 21.5. The molecule has 0 spiro atoms. The molecule has 25 heavy (non-hydrogen) atoms. The third-order valence-electron chi connectivity index (χ3n) is 3.36. The number of nitrogens with zero attached hydrogens (tertiary/aromatic N) is 1. The summed E-state index contributed by atoms with van der Waals surface area (Å²) in [5.74, 6) is -0.0586. The number of halogens is 1. The first-order valence-corrected chi connectivity index (χ1v) is 9.51. The first-order valence-electron chi connectivity index (χ1n) is 7.97. The van der Waals surface area contributed by atoms with E-state index in [1.807, 2.05) is 0 Å². The number of nitrogens with one attached hydrogen (secondary N) is 2. The van der Waals surface area contributed by atoms with Crippen LogP contribution in [-0.4, -0.2) is 49.7 Å². The molecule has 0 radical (unpaired) electrons. The van der Waals surface area contributed by atoms with Crippen molar-refractivity contribution in [3.63, 3.8) is 0 Å². The Bertz CT molecular complexity index is 559. The average molecular weight is 377 g/mol. The van der Waals surface area contributed by atoms with E-state index in [2.05, 4.69) is 5.32 Å². The molecule has 0 saturated carbocycles. The fraction of sp³-hybridized carbons (Fsp3) is 0.600. The maximum atomic E-state index is 14.3. The molecule has 1 heterocycles. The molecule has 2 atom stereocenters. The summed E-state index contributed by atoms with van der Waals surface area (Å²) in [6.45, 7) is 3.36. The zero-order chi connectivity index (χ0) is 18.9. The van der Waals surface area contributed by atoms with Gasteiger partial charge in [-0.15, -0.1) is 0 Å². The third kappa shape index (κ3) is 6.70. The van der Waals surface area contributed by atoms with Gasteiger partial charge in [0, 0.05) is 13.2 Å². The second-order valence-electron chi connectivity index (χ2n) is 5.19. The van der Waals surface area contributed by atoms with E-state index in [0.29, 0.717) is 19.3 Å². The molecule has 1 aliphatic rings. The van der Waals surface area contributed by atoms with Crippen LogP contribution in [0.1, 0.15) is 26.7 Å². The van der Waals surface area contributed by atoms with Gasteiger partial charge < -0.3 is 24.0 Å². The van der Waals surface area contributed by atoms with E-state index in [4.69, 9.17) is 19.2 Å². The van der Waals surface area contributed by atoms with Crippen LogP contribution in [0.2, 0.25) is 0 Å². The Morgan fingerprint density at radius 2 is 2.04 bits per heavy atom. The van der Waals surface area contributed by atoms with Gasteiger partial charge in [-0.3, -0.25) is 14.8 Å². The molecule has 10 heteroatoms. The molecule has 142 valence electrons. The largest absolute Gasteiger partial charge is 0.389 e. The van der Waals surface area contributed by atoms with Crippen LogP contribution in [0.3, 0.4) is 0 Å². The van der Waals surface area contributed by atoms with Crippen LogP contribution < -0.4 is 5.32 Å². The Hall–Kier alpha value is -1.54. The minimum atomic E-state index is -3.92. The summed E-state index contributed by atoms with van der Waals surface area (Å²) in [6.07, 6.45) is 4.82. The van der Waals surface area contributed by atoms with E-state index < -0.39 is 19.3 Å². The molecule has 1 unspecified atom stereocenters. The fourth-order valence-corrected chi connectivity index (χ4v) is 3.56. The van der Waals surface area contributed by atoms with Crippen molar-refractivity contribution in [3.05, 3.63) is 23.9 Å². The lowest BCUT2D eigenvalue weighted by Gasteiger charge is -2.22. The molecule has 0 aliphatic carbocycles. The molecule has 0 aromatic heterocycles. The molecule has 2 N–H and O–H groups in total. The van der Waals surface area contributed by atoms with E-state index in [1.54, 1.807) is 32.0 Å². The van der Waals surface area contributed by atoms with Crippen molar-refractivity contribution in [2.24, 2.45) is 0 Å². The van der Waals surface area contributed by atoms with Gasteiger partial charge in [-0.1, -0.05) is 0 Å². The first-order chi connectivity index (χ1) is 11.9. The maximum Gasteiger partial charge on any atom is 0.389 e. The normalized spacial score (nSPS) is 21.5. The van der Waals surface area contributed by atoms with E-state index in [1.165, 1.54) is 6.08 Å². The van der Waals surface area contributed by atoms with Gasteiger partial charge in [0.15, 0.2) is 0 Å². The highest BCUT2D eigenvalue weighted by Crippen LogP contribution is 2.57. The molecular weight excluding hydrogens is 352 g/mol. The highest BCUT2D eigenvalue weighted by molar-refractivity contribution is 7.58. The van der Waals surface area contributed by atoms with Gasteiger partial charge in [0.2, 0.25) is 12.0 Å². The van der Waals surface area contributed by atoms with Crippen LogP contribution in [0, 0.1) is 5.41 Å². The summed E-state index contributed by atoms with van der Waals surface area (Å²) in [6, 6.07) is 0. The average Bonchev–Trinajstić information content (AvgIpc) is 3.02. The molecule has 0 aromatic rings. The molecular formula is C15H25FN3O5P. The van der Waals surface area contributed by atoms with Crippen LogP contribution in [0.15, 0.2) is 23.9 Å². The minimum Gasteiger partial charge on any atom is -0.355 e. The molecule has 1 rings (SSSR count). The predicted octanol–water partition coefficient (Wildman–Crippen LogP) is 2.74. The maximum absolute atomic E-state index is 14.3. The molecule has 1 saturated heterocycles. The number of carbonyl (C=O) groups is 1. The van der Waals surface area contributed by atoms with Crippen molar-refractivity contribution in [1.82, 2.24) is 10.2 Å². The fourth-order valence-electron chi connectivity index (χ4n) is 2.21. The third-order valence-corrected chi connectivity index (χ3v) is 5.23. The predicted molar refractivity (Wildman–Crippen MR) is 91.8 cm³/mol. The number of amides is 1. The Kier molecular flexibility index (Phi) is 8.99. The van der Waals surface area contributed by atoms with Crippen molar-refractivity contribution < 1.29 is 27.5 Å². The van der Waals surface area contributed by atoms with Crippen LogP contribution in [0.4, 0.5) is 4.39 Å². The Morgan fingerprint density at radius 1 is 1.40 bits per heavy atom. The molecule has 0 aromatic carbocycles. The van der Waals surface area contributed by atoms with Gasteiger partial charge in [0.05, 0.1) is 19.3 Å². The lowest BCUT2D eigenvalue weighted by atomic mass is 10.2. The van der Waals surface area contributed by atoms with Gasteiger partial charge in [0.25, 0.3) is 0 Å². The summed E-state index contributed by atoms with van der Waals surface area (Å²) in [4.78, 5) is 11.9. The van der Waals surface area contributed by atoms with Crippen molar-refractivity contribution >= 4 is 19.8 Å². The number of amidine groups is 1. The molecule has 1 amide bonds. The lowest BCUT2D eigenvalue weighted by molar-refractivity contribution is -0.108. The zero-order valence-corrected chi connectivity index (χ0v) is 15.5. The second-order valence-corrected chi connectivity index (χ2v) is 7.12. The van der Waals surface area contributed by atoms with Crippen LogP contribution >= 0.6 is 7.60 Å². The number of hydrogen-bond acceptors (Lipinski definition) is 7. The molecule has 1 aliphatic heterocycles. The summed E-state index contributed by atoms with van der Waals surface area (Å²) in [7, 11) is -2.18. The standard InChI is InChI=1S/C15H25FN3O5P/c1-4-22-25(21,23-5-2)13(16)10-12-6-7-15(24-12)19(3)9-8-14(17)18-11-20/h8-12,15H,4-7H2,1-3H3,(H2,17,18,20)/b9-8-,13-10-/t12-,15?/m0/s1. The second kappa shape index (κ2) is 10.5. The van der Waals surface area contributed by atoms with Gasteiger partial charge >= 0.3 is 7.60 Å². The number of ether oxygens (including phenoxy) is 1. The monoisotopic (exact) mass is 377 g/mol. The smallest absolute Gasteiger partial charge is 0.355 e. The molecule has 0 bridgehead atoms. The number of carbonyl (C=O) groups excluding carboxylic acids is 1. The van der Waals surface area contributed by atoms with Crippen LogP contribution in [0.25, 0.3) is 0 Å². The zero-order valence-electron chi connectivity index (χ0n) is 14.6. The van der Waals surface area contributed by atoms with Crippen molar-refractivity contribution in [2.75, 3.05) is 20.3 Å². The number of hydrogen-bond donors (Lipinski definition) is 2. The Morgan fingerprint density at radius 3 is 2.60 bits per heavy atom. The summed E-state index contributed by atoms with van der Waals surface area (Å²) in [5, 5.41) is 9.62. The quantitative estimate of drug-likeness (QED) is 0.263. The van der Waals surface area contributed by atoms with Gasteiger partial charge in [-0.05, 0) is 38.8 Å². The minimum absolute atomic E-state index is 0.0586. The Balaban J connectivity index is 2.67. The van der Waals surface area contributed by atoms with Crippen molar-refractivity contribution in [2.45, 2.75) is 39.0 Å². The highest BCUT2D eigenvalue weighted by Gasteiger charge is 2.33. The summed E-state index contributed by atoms with van der Waals surface area (Å²) >= 11 is 0. The van der Waals surface area contributed by atoms with Gasteiger partial charge in [-0.2, -0.15) is 4.39 Å². The van der Waals surface area contributed by atoms with E-state index >= 15 is 0 Å². The van der Waals surface area contributed by atoms with Crippen LogP contribution in [-0.2, 0) is 23.1 Å². The van der Waals surface area contributed by atoms with Crippen molar-refractivity contribution in [3.8, 4) is 0 Å². The van der Waals surface area contributed by atoms with E-state index in [-0.39, 0.29) is 25.3 Å². The number of rotatable bonds is 10. The SMILES string of the molecule is CCOP(=O)(OCC)/C(F)=C\[C@@H]1CCC(N(C)/C=C\C(=N)NC=O)O1. The summed E-state index contributed by atoms with van der Waals surface area (Å²) in [5.41, 5.74) is -0.947.